The first kappa shape index (κ1) is 38.4. The van der Waals surface area contributed by atoms with E-state index in [0.29, 0.717) is 55.6 Å². The maximum atomic E-state index is 14.8. The van der Waals surface area contributed by atoms with Crippen LogP contribution in [0.25, 0.3) is 0 Å². The van der Waals surface area contributed by atoms with E-state index in [4.69, 9.17) is 9.47 Å². The van der Waals surface area contributed by atoms with Crippen LogP contribution in [0.4, 0.5) is 18.0 Å². The molecular weight excluding hydrogens is 697 g/mol. The van der Waals surface area contributed by atoms with Crippen LogP contribution in [-0.2, 0) is 12.7 Å². The number of halogens is 3. The zero-order valence-corrected chi connectivity index (χ0v) is 32.1. The minimum atomic E-state index is -4.61. The average molecular weight is 751 g/mol. The quantitative estimate of drug-likeness (QED) is 0.177. The number of aliphatic hydroxyl groups excluding tert-OH is 1. The molecule has 0 aliphatic heterocycles. The highest BCUT2D eigenvalue weighted by molar-refractivity contribution is 6.10. The minimum absolute atomic E-state index is 0.0201. The van der Waals surface area contributed by atoms with E-state index in [2.05, 4.69) is 31.3 Å². The molecule has 0 radical (unpaired) electrons. The van der Waals surface area contributed by atoms with Crippen molar-refractivity contribution in [2.45, 2.75) is 103 Å². The van der Waals surface area contributed by atoms with Gasteiger partial charge in [0.1, 0.15) is 11.5 Å². The highest BCUT2D eigenvalue weighted by atomic mass is 19.4. The third kappa shape index (κ3) is 5.70. The van der Waals surface area contributed by atoms with E-state index < -0.39 is 45.5 Å². The highest BCUT2D eigenvalue weighted by Gasteiger charge is 2.74. The number of hydrogen-bond donors (Lipinski definition) is 3. The van der Waals surface area contributed by atoms with Gasteiger partial charge < -0.3 is 29.9 Å². The number of fused-ring (bicyclic) bond motifs is 1. The van der Waals surface area contributed by atoms with Crippen molar-refractivity contribution in [2.75, 3.05) is 20.8 Å². The average Bonchev–Trinajstić information content (AvgIpc) is 3.40. The molecule has 6 aliphatic carbocycles. The standard InChI is InChI=1S/C43H53F3N2O6/c1-26(2)47-37(51)48(24-28-10-11-31(53-5)21-33(28)54-6)25-41(52)17-14-35-39(41,4)16-13-34-38(3)15-12-30(49)22-40(38)18-19-42(34,35)32(23-40)36(50)27-8-7-9-29(20-27)43(44,45)46/h7-11,18-21,23,26,30,34-35,49,52H,12-17,22,24-25H2,1-6H3,(H,47,51)/t30?,34-,35-,38-,39+,40+,41-,42-/m1/s1. The van der Waals surface area contributed by atoms with Crippen molar-refractivity contribution in [3.8, 4) is 11.5 Å². The fourth-order valence-corrected chi connectivity index (χ4v) is 11.6. The Kier molecular flexibility index (Phi) is 9.36. The number of carbonyl (C=O) groups excluding carboxylic acids is 2. The summed E-state index contributed by atoms with van der Waals surface area (Å²) in [5.74, 6) is 0.419. The van der Waals surface area contributed by atoms with Gasteiger partial charge in [-0.15, -0.1) is 0 Å². The highest BCUT2D eigenvalue weighted by Crippen LogP contribution is 2.78. The molecule has 11 heteroatoms. The van der Waals surface area contributed by atoms with Gasteiger partial charge >= 0.3 is 12.2 Å². The summed E-state index contributed by atoms with van der Waals surface area (Å²) in [6.07, 6.45) is 5.16. The first-order valence-corrected chi connectivity index (χ1v) is 19.2. The third-order valence-corrected chi connectivity index (χ3v) is 14.4. The number of alkyl halides is 3. The molecule has 2 amide bonds. The molecule has 8 atom stereocenters. The number of Topliss-reactive ketones (excluding diaryl/α,β-unsaturated/α-hetero) is 1. The number of aliphatic hydroxyl groups is 2. The number of rotatable bonds is 9. The maximum absolute atomic E-state index is 14.8. The largest absolute Gasteiger partial charge is 0.497 e. The molecule has 8 nitrogen and oxygen atoms in total. The third-order valence-electron chi connectivity index (χ3n) is 14.4. The number of allylic oxidation sites excluding steroid dienone is 4. The molecule has 1 unspecified atom stereocenters. The molecule has 0 heterocycles. The fraction of sp³-hybridized carbons (Fsp3) is 0.581. The molecule has 0 saturated heterocycles. The predicted molar refractivity (Wildman–Crippen MR) is 198 cm³/mol. The summed E-state index contributed by atoms with van der Waals surface area (Å²) in [4.78, 5) is 30.4. The molecule has 3 N–H and O–H groups in total. The number of methoxy groups -OCH3 is 2. The molecule has 6 aliphatic rings. The van der Waals surface area contributed by atoms with E-state index in [0.717, 1.165) is 24.1 Å². The second-order valence-electron chi connectivity index (χ2n) is 17.4. The van der Waals surface area contributed by atoms with Crippen molar-refractivity contribution >= 4 is 11.8 Å². The predicted octanol–water partition coefficient (Wildman–Crippen LogP) is 8.12. The molecule has 2 bridgehead atoms. The van der Waals surface area contributed by atoms with Crippen molar-refractivity contribution < 1.29 is 42.4 Å². The Labute approximate surface area is 315 Å². The molecule has 0 aromatic heterocycles. The van der Waals surface area contributed by atoms with Gasteiger partial charge in [-0.1, -0.05) is 44.2 Å². The van der Waals surface area contributed by atoms with Gasteiger partial charge in [-0.25, -0.2) is 4.79 Å². The number of nitrogens with one attached hydrogen (secondary N) is 1. The van der Waals surface area contributed by atoms with Crippen molar-refractivity contribution in [1.82, 2.24) is 10.2 Å². The van der Waals surface area contributed by atoms with Gasteiger partial charge in [-0.05, 0) is 100 Å². The van der Waals surface area contributed by atoms with Gasteiger partial charge in [0.05, 0.1) is 44.6 Å². The molecule has 2 aromatic rings. The van der Waals surface area contributed by atoms with E-state index in [9.17, 15) is 33.0 Å². The summed E-state index contributed by atoms with van der Waals surface area (Å²) >= 11 is 0. The molecule has 3 saturated carbocycles. The number of ketones is 1. The van der Waals surface area contributed by atoms with Gasteiger partial charge in [-0.3, -0.25) is 4.79 Å². The Balaban J connectivity index is 1.31. The monoisotopic (exact) mass is 750 g/mol. The fourth-order valence-electron chi connectivity index (χ4n) is 11.6. The van der Waals surface area contributed by atoms with Crippen LogP contribution in [0.2, 0.25) is 0 Å². The summed E-state index contributed by atoms with van der Waals surface area (Å²) < 4.78 is 52.8. The number of carbonyl (C=O) groups is 2. The molecular formula is C43H53F3N2O6. The minimum Gasteiger partial charge on any atom is -0.497 e. The normalized spacial score (nSPS) is 35.1. The summed E-state index contributed by atoms with van der Waals surface area (Å²) in [7, 11) is 3.12. The van der Waals surface area contributed by atoms with Crippen LogP contribution in [0.15, 0.2) is 66.3 Å². The number of ether oxygens (including phenoxy) is 2. The first-order chi connectivity index (χ1) is 25.4. The van der Waals surface area contributed by atoms with Gasteiger partial charge in [0.2, 0.25) is 0 Å². The van der Waals surface area contributed by atoms with Crippen LogP contribution in [0, 0.1) is 33.5 Å². The Morgan fingerprint density at radius 3 is 2.35 bits per heavy atom. The van der Waals surface area contributed by atoms with Gasteiger partial charge in [0.15, 0.2) is 5.78 Å². The Bertz CT molecular complexity index is 1890. The van der Waals surface area contributed by atoms with Crippen molar-refractivity contribution in [2.24, 2.45) is 33.5 Å². The number of amides is 2. The Hall–Kier alpha value is -3.83. The number of benzene rings is 2. The summed E-state index contributed by atoms with van der Waals surface area (Å²) in [6, 6.07) is 9.57. The molecule has 292 valence electrons. The Morgan fingerprint density at radius 1 is 0.963 bits per heavy atom. The molecule has 3 fully saturated rings. The zero-order chi connectivity index (χ0) is 39.1. The van der Waals surface area contributed by atoms with Crippen LogP contribution in [0.5, 0.6) is 11.5 Å². The smallest absolute Gasteiger partial charge is 0.416 e. The van der Waals surface area contributed by atoms with Crippen LogP contribution in [0.3, 0.4) is 0 Å². The van der Waals surface area contributed by atoms with E-state index in [-0.39, 0.29) is 48.0 Å². The Morgan fingerprint density at radius 2 is 1.67 bits per heavy atom. The summed E-state index contributed by atoms with van der Waals surface area (Å²) in [5, 5.41) is 27.0. The summed E-state index contributed by atoms with van der Waals surface area (Å²) in [5.41, 5.74) is -3.64. The lowest BCUT2D eigenvalue weighted by Gasteiger charge is -2.71. The lowest BCUT2D eigenvalue weighted by Crippen LogP contribution is -2.67. The van der Waals surface area contributed by atoms with Crippen LogP contribution in [-0.4, -0.2) is 65.4 Å². The van der Waals surface area contributed by atoms with Crippen LogP contribution in [0.1, 0.15) is 94.1 Å². The topological polar surface area (TPSA) is 108 Å². The summed E-state index contributed by atoms with van der Waals surface area (Å²) in [6.45, 7) is 8.27. The van der Waals surface area contributed by atoms with E-state index >= 15 is 0 Å². The first-order valence-electron chi connectivity index (χ1n) is 19.2. The molecule has 8 rings (SSSR count). The lowest BCUT2D eigenvalue weighted by molar-refractivity contribution is -0.174. The molecule has 2 spiro atoms. The zero-order valence-electron chi connectivity index (χ0n) is 32.1. The molecule has 2 aromatic carbocycles. The van der Waals surface area contributed by atoms with Crippen molar-refractivity contribution in [1.29, 1.82) is 0 Å². The van der Waals surface area contributed by atoms with Crippen LogP contribution < -0.4 is 14.8 Å². The van der Waals surface area contributed by atoms with Crippen molar-refractivity contribution in [3.63, 3.8) is 0 Å². The number of nitrogens with zero attached hydrogens (tertiary/aromatic N) is 1. The lowest BCUT2D eigenvalue weighted by atomic mass is 9.32. The second kappa shape index (κ2) is 13.1. The van der Waals surface area contributed by atoms with Crippen LogP contribution >= 0.6 is 0 Å². The van der Waals surface area contributed by atoms with Gasteiger partial charge in [0.25, 0.3) is 0 Å². The number of urea groups is 1. The van der Waals surface area contributed by atoms with Crippen molar-refractivity contribution in [3.05, 3.63) is 83.0 Å². The van der Waals surface area contributed by atoms with E-state index in [1.807, 2.05) is 26.0 Å². The van der Waals surface area contributed by atoms with Gasteiger partial charge in [-0.2, -0.15) is 13.2 Å². The SMILES string of the molecule is COc1ccc(CN(C[C@]2(O)CC[C@H]3[C@]45C=C[C@@]6(C=C4C(=O)c4cccc(C(F)(F)F)c4)CC(O)CC[C@]6(C)[C@H]5CC[C@@]32C)C(=O)NC(C)C)c(OC)c1. The number of hydrogen-bond acceptors (Lipinski definition) is 6. The molecule has 54 heavy (non-hydrogen) atoms. The second-order valence-corrected chi connectivity index (χ2v) is 17.4. The van der Waals surface area contributed by atoms with E-state index in [1.165, 1.54) is 12.1 Å². The maximum Gasteiger partial charge on any atom is 0.416 e. The van der Waals surface area contributed by atoms with E-state index in [1.54, 1.807) is 31.3 Å². The van der Waals surface area contributed by atoms with Gasteiger partial charge in [0, 0.05) is 45.1 Å².